The highest BCUT2D eigenvalue weighted by atomic mass is 35.5. The van der Waals surface area contributed by atoms with E-state index in [4.69, 9.17) is 26.3 Å². The van der Waals surface area contributed by atoms with Gasteiger partial charge in [0.1, 0.15) is 0 Å². The summed E-state index contributed by atoms with van der Waals surface area (Å²) in [4.78, 5) is 19.2. The first kappa shape index (κ1) is 13.2. The van der Waals surface area contributed by atoms with Gasteiger partial charge >= 0.3 is 12.0 Å². The average molecular weight is 256 g/mol. The van der Waals surface area contributed by atoms with E-state index < -0.39 is 11.9 Å². The molecular formula is C10H10ClN3O3. The summed E-state index contributed by atoms with van der Waals surface area (Å²) >= 11 is 5.83. The highest BCUT2D eigenvalue weighted by Gasteiger charge is 2.26. The van der Waals surface area contributed by atoms with Crippen molar-refractivity contribution in [1.29, 1.82) is 5.26 Å². The molecule has 17 heavy (non-hydrogen) atoms. The van der Waals surface area contributed by atoms with Gasteiger partial charge in [-0.3, -0.25) is 4.79 Å². The molecule has 0 radical (unpaired) electrons. The van der Waals surface area contributed by atoms with Crippen LogP contribution in [0.25, 0.3) is 0 Å². The summed E-state index contributed by atoms with van der Waals surface area (Å²) < 4.78 is 9.56. The van der Waals surface area contributed by atoms with E-state index in [0.717, 1.165) is 0 Å². The first-order chi connectivity index (χ1) is 8.13. The smallest absolute Gasteiger partial charge is 0.329 e. The molecule has 0 saturated heterocycles. The summed E-state index contributed by atoms with van der Waals surface area (Å²) in [6, 6.07) is 1.83. The summed E-state index contributed by atoms with van der Waals surface area (Å²) in [6.07, 6.45) is 1.27. The third-order valence-corrected chi connectivity index (χ3v) is 2.15. The molecule has 1 heterocycles. The summed E-state index contributed by atoms with van der Waals surface area (Å²) in [7, 11) is 1.37. The van der Waals surface area contributed by atoms with Crippen molar-refractivity contribution in [3.8, 4) is 12.1 Å². The lowest BCUT2D eigenvalue weighted by Crippen LogP contribution is -2.16. The monoisotopic (exact) mass is 255 g/mol. The Labute approximate surface area is 103 Å². The van der Waals surface area contributed by atoms with Crippen molar-refractivity contribution in [1.82, 2.24) is 9.97 Å². The number of aromatic nitrogens is 2. The largest absolute Gasteiger partial charge is 0.467 e. The molecule has 0 saturated carbocycles. The van der Waals surface area contributed by atoms with Gasteiger partial charge in [0, 0.05) is 0 Å². The van der Waals surface area contributed by atoms with Crippen molar-refractivity contribution in [2.75, 3.05) is 13.7 Å². The lowest BCUT2D eigenvalue weighted by atomic mass is 10.1. The van der Waals surface area contributed by atoms with Crippen molar-refractivity contribution in [3.63, 3.8) is 0 Å². The number of ether oxygens (including phenoxy) is 2. The van der Waals surface area contributed by atoms with Crippen LogP contribution in [0.3, 0.4) is 0 Å². The average Bonchev–Trinajstić information content (AvgIpc) is 2.33. The van der Waals surface area contributed by atoms with Gasteiger partial charge in [-0.2, -0.15) is 10.2 Å². The number of hydrogen-bond acceptors (Lipinski definition) is 6. The van der Waals surface area contributed by atoms with E-state index in [9.17, 15) is 4.79 Å². The third kappa shape index (κ3) is 3.04. The first-order valence-electron chi connectivity index (χ1n) is 4.76. The number of halogens is 1. The van der Waals surface area contributed by atoms with Crippen LogP contribution >= 0.6 is 11.6 Å². The Morgan fingerprint density at radius 1 is 1.71 bits per heavy atom. The Balaban J connectivity index is 3.11. The minimum Gasteiger partial charge on any atom is -0.467 e. The summed E-state index contributed by atoms with van der Waals surface area (Å²) in [5, 5.41) is 9.07. The normalized spacial score (nSPS) is 11.4. The maximum absolute atomic E-state index is 11.5. The van der Waals surface area contributed by atoms with Gasteiger partial charge < -0.3 is 9.47 Å². The summed E-state index contributed by atoms with van der Waals surface area (Å²) in [5.74, 6) is -1.88. The quantitative estimate of drug-likeness (QED) is 0.754. The van der Waals surface area contributed by atoms with Gasteiger partial charge in [0.2, 0.25) is 0 Å². The number of rotatable bonds is 4. The molecule has 1 aromatic heterocycles. The number of carbonyl (C=O) groups is 1. The highest BCUT2D eigenvalue weighted by Crippen LogP contribution is 2.24. The fourth-order valence-electron chi connectivity index (χ4n) is 1.12. The molecule has 6 nitrogen and oxygen atoms in total. The highest BCUT2D eigenvalue weighted by molar-refractivity contribution is 6.31. The molecule has 1 atom stereocenters. The second kappa shape index (κ2) is 6.01. The summed E-state index contributed by atoms with van der Waals surface area (Å²) in [5.41, 5.74) is 0.0828. The van der Waals surface area contributed by atoms with E-state index in [2.05, 4.69) is 9.97 Å². The van der Waals surface area contributed by atoms with Gasteiger partial charge in [-0.05, 0) is 6.92 Å². The maximum atomic E-state index is 11.5. The van der Waals surface area contributed by atoms with Crippen LogP contribution in [0.2, 0.25) is 5.02 Å². The zero-order valence-corrected chi connectivity index (χ0v) is 10.1. The molecule has 1 rings (SSSR count). The fraction of sp³-hybridized carbons (Fsp3) is 0.400. The van der Waals surface area contributed by atoms with Crippen molar-refractivity contribution < 1.29 is 14.3 Å². The number of methoxy groups -OCH3 is 1. The number of hydrogen-bond donors (Lipinski definition) is 0. The number of carbonyl (C=O) groups excluding carboxylic acids is 1. The SMILES string of the molecule is CCOC(=O)C(C#N)c1nc(OC)ncc1Cl. The minimum atomic E-state index is -1.18. The van der Waals surface area contributed by atoms with Crippen molar-refractivity contribution in [2.24, 2.45) is 0 Å². The Kier molecular flexibility index (Phi) is 4.67. The van der Waals surface area contributed by atoms with Crippen LogP contribution in [0.4, 0.5) is 0 Å². The van der Waals surface area contributed by atoms with Crippen molar-refractivity contribution >= 4 is 17.6 Å². The molecule has 0 aliphatic heterocycles. The Bertz CT molecular complexity index is 459. The molecule has 0 fully saturated rings. The second-order valence-electron chi connectivity index (χ2n) is 2.90. The zero-order chi connectivity index (χ0) is 12.8. The first-order valence-corrected chi connectivity index (χ1v) is 5.14. The van der Waals surface area contributed by atoms with Crippen LogP contribution in [0.1, 0.15) is 18.5 Å². The number of nitriles is 1. The second-order valence-corrected chi connectivity index (χ2v) is 3.31. The molecule has 1 unspecified atom stereocenters. The van der Waals surface area contributed by atoms with Crippen LogP contribution < -0.4 is 4.74 Å². The molecule has 0 aromatic carbocycles. The molecule has 0 bridgehead atoms. The predicted octanol–water partition coefficient (Wildman–Crippen LogP) is 1.31. The van der Waals surface area contributed by atoms with E-state index in [1.54, 1.807) is 13.0 Å². The van der Waals surface area contributed by atoms with Gasteiger partial charge in [-0.1, -0.05) is 11.6 Å². The van der Waals surface area contributed by atoms with Crippen LogP contribution in [0, 0.1) is 11.3 Å². The van der Waals surface area contributed by atoms with Gasteiger partial charge in [0.05, 0.1) is 36.7 Å². The van der Waals surface area contributed by atoms with Gasteiger partial charge in [0.15, 0.2) is 5.92 Å². The number of esters is 1. The zero-order valence-electron chi connectivity index (χ0n) is 9.31. The van der Waals surface area contributed by atoms with E-state index in [1.165, 1.54) is 13.3 Å². The van der Waals surface area contributed by atoms with Gasteiger partial charge in [-0.15, -0.1) is 0 Å². The third-order valence-electron chi connectivity index (χ3n) is 1.86. The molecule has 0 amide bonds. The van der Waals surface area contributed by atoms with Crippen molar-refractivity contribution in [3.05, 3.63) is 16.9 Å². The lowest BCUT2D eigenvalue weighted by molar-refractivity contribution is -0.143. The minimum absolute atomic E-state index is 0.0361. The van der Waals surface area contributed by atoms with Gasteiger partial charge in [0.25, 0.3) is 0 Å². The van der Waals surface area contributed by atoms with Crippen LogP contribution in [-0.4, -0.2) is 29.7 Å². The predicted molar refractivity (Wildman–Crippen MR) is 58.6 cm³/mol. The van der Waals surface area contributed by atoms with E-state index in [0.29, 0.717) is 0 Å². The van der Waals surface area contributed by atoms with Crippen LogP contribution in [0.15, 0.2) is 6.20 Å². The van der Waals surface area contributed by atoms with E-state index in [-0.39, 0.29) is 23.3 Å². The standard InChI is InChI=1S/C10H10ClN3O3/c1-3-17-9(15)6(4-12)8-7(11)5-13-10(14-8)16-2/h5-6H,3H2,1-2H3. The van der Waals surface area contributed by atoms with Crippen LogP contribution in [0.5, 0.6) is 6.01 Å². The molecule has 90 valence electrons. The lowest BCUT2D eigenvalue weighted by Gasteiger charge is -2.09. The molecule has 0 N–H and O–H groups in total. The molecule has 0 spiro atoms. The molecular weight excluding hydrogens is 246 g/mol. The van der Waals surface area contributed by atoms with E-state index >= 15 is 0 Å². The Morgan fingerprint density at radius 3 is 2.94 bits per heavy atom. The number of nitrogens with zero attached hydrogens (tertiary/aromatic N) is 3. The fourth-order valence-corrected chi connectivity index (χ4v) is 1.32. The topological polar surface area (TPSA) is 85.1 Å². The molecule has 1 aromatic rings. The van der Waals surface area contributed by atoms with Crippen LogP contribution in [-0.2, 0) is 9.53 Å². The van der Waals surface area contributed by atoms with Gasteiger partial charge in [-0.25, -0.2) is 4.98 Å². The summed E-state index contributed by atoms with van der Waals surface area (Å²) in [6.45, 7) is 1.82. The van der Waals surface area contributed by atoms with Crippen molar-refractivity contribution in [2.45, 2.75) is 12.8 Å². The Morgan fingerprint density at radius 2 is 2.41 bits per heavy atom. The Hall–Kier alpha value is -1.87. The van der Waals surface area contributed by atoms with E-state index in [1.807, 2.05) is 0 Å². The molecule has 0 aliphatic carbocycles. The molecule has 7 heteroatoms. The molecule has 0 aliphatic rings. The maximum Gasteiger partial charge on any atom is 0.329 e.